The minimum Gasteiger partial charge on any atom is -0.497 e. The highest BCUT2D eigenvalue weighted by Gasteiger charge is 2.45. The highest BCUT2D eigenvalue weighted by molar-refractivity contribution is 6.45. The molecule has 33 heavy (non-hydrogen) atoms. The summed E-state index contributed by atoms with van der Waals surface area (Å²) in [4.78, 5) is 31.2. The number of piperidine rings is 1. The van der Waals surface area contributed by atoms with Crippen LogP contribution >= 0.6 is 0 Å². The SMILES string of the molecule is COc1ccc(N2C(=O)C(c3ccc(C)cc3C)=C(N3CC(C)CC(C)C3)C2=O)c(OC)c1. The molecule has 1 saturated heterocycles. The summed E-state index contributed by atoms with van der Waals surface area (Å²) in [5, 5.41) is 0. The summed E-state index contributed by atoms with van der Waals surface area (Å²) in [6.07, 6.45) is 1.11. The molecule has 0 aromatic heterocycles. The molecule has 6 nitrogen and oxygen atoms in total. The van der Waals surface area contributed by atoms with Gasteiger partial charge in [0.15, 0.2) is 0 Å². The van der Waals surface area contributed by atoms with Crippen molar-refractivity contribution in [3.05, 3.63) is 58.8 Å². The Kier molecular flexibility index (Phi) is 6.19. The van der Waals surface area contributed by atoms with Gasteiger partial charge in [0.2, 0.25) is 0 Å². The Bertz CT molecular complexity index is 1130. The zero-order valence-corrected chi connectivity index (χ0v) is 20.3. The number of amides is 2. The van der Waals surface area contributed by atoms with Gasteiger partial charge >= 0.3 is 0 Å². The number of carbonyl (C=O) groups is 2. The van der Waals surface area contributed by atoms with Gasteiger partial charge in [-0.05, 0) is 55.4 Å². The molecule has 2 aliphatic heterocycles. The van der Waals surface area contributed by atoms with Gasteiger partial charge in [-0.25, -0.2) is 4.90 Å². The van der Waals surface area contributed by atoms with Gasteiger partial charge < -0.3 is 14.4 Å². The first-order chi connectivity index (χ1) is 15.7. The quantitative estimate of drug-likeness (QED) is 0.627. The zero-order chi connectivity index (χ0) is 23.9. The maximum Gasteiger partial charge on any atom is 0.282 e. The van der Waals surface area contributed by atoms with E-state index in [9.17, 15) is 9.59 Å². The van der Waals surface area contributed by atoms with Gasteiger partial charge in [0.05, 0.1) is 25.5 Å². The van der Waals surface area contributed by atoms with Gasteiger partial charge in [-0.1, -0.05) is 37.6 Å². The number of nitrogens with zero attached hydrogens (tertiary/aromatic N) is 2. The second-order valence-corrected chi connectivity index (χ2v) is 9.38. The highest BCUT2D eigenvalue weighted by atomic mass is 16.5. The molecule has 0 spiro atoms. The number of rotatable bonds is 5. The van der Waals surface area contributed by atoms with Gasteiger partial charge in [-0.2, -0.15) is 0 Å². The number of ether oxygens (including phenoxy) is 2. The van der Waals surface area contributed by atoms with Crippen LogP contribution in [0.1, 0.15) is 37.0 Å². The zero-order valence-electron chi connectivity index (χ0n) is 20.3. The molecule has 2 aromatic rings. The lowest BCUT2D eigenvalue weighted by Crippen LogP contribution is -2.42. The van der Waals surface area contributed by atoms with Crippen molar-refractivity contribution in [3.63, 3.8) is 0 Å². The fourth-order valence-corrected chi connectivity index (χ4v) is 5.18. The van der Waals surface area contributed by atoms with E-state index in [1.807, 2.05) is 26.0 Å². The van der Waals surface area contributed by atoms with E-state index in [0.717, 1.165) is 36.2 Å². The first-order valence-corrected chi connectivity index (χ1v) is 11.4. The summed E-state index contributed by atoms with van der Waals surface area (Å²) < 4.78 is 10.8. The normalized spacial score (nSPS) is 21.2. The molecule has 4 rings (SSSR count). The summed E-state index contributed by atoms with van der Waals surface area (Å²) in [5.74, 6) is 1.26. The molecule has 2 aliphatic rings. The first kappa shape index (κ1) is 22.9. The second-order valence-electron chi connectivity index (χ2n) is 9.38. The minimum atomic E-state index is -0.323. The predicted octanol–water partition coefficient (Wildman–Crippen LogP) is 4.58. The van der Waals surface area contributed by atoms with Crippen LogP contribution in [0.15, 0.2) is 42.1 Å². The average molecular weight is 449 g/mol. The lowest BCUT2D eigenvalue weighted by atomic mass is 9.90. The largest absolute Gasteiger partial charge is 0.497 e. The molecule has 1 fully saturated rings. The summed E-state index contributed by atoms with van der Waals surface area (Å²) in [6, 6.07) is 11.1. The van der Waals surface area contributed by atoms with Crippen LogP contribution in [0.25, 0.3) is 5.57 Å². The molecule has 2 amide bonds. The van der Waals surface area contributed by atoms with Gasteiger partial charge in [-0.3, -0.25) is 9.59 Å². The predicted molar refractivity (Wildman–Crippen MR) is 129 cm³/mol. The molecule has 174 valence electrons. The Balaban J connectivity index is 1.88. The maximum atomic E-state index is 13.9. The van der Waals surface area contributed by atoms with E-state index in [0.29, 0.717) is 40.3 Å². The van der Waals surface area contributed by atoms with Crippen LogP contribution in [0.3, 0.4) is 0 Å². The number of imide groups is 1. The summed E-state index contributed by atoms with van der Waals surface area (Å²) in [5.41, 5.74) is 4.27. The van der Waals surface area contributed by atoms with Crippen molar-refractivity contribution in [1.82, 2.24) is 4.90 Å². The van der Waals surface area contributed by atoms with E-state index in [1.54, 1.807) is 25.3 Å². The van der Waals surface area contributed by atoms with Crippen molar-refractivity contribution >= 4 is 23.1 Å². The lowest BCUT2D eigenvalue weighted by Gasteiger charge is -2.37. The molecule has 2 unspecified atom stereocenters. The van der Waals surface area contributed by atoms with Crippen LogP contribution in [0.5, 0.6) is 11.5 Å². The van der Waals surface area contributed by atoms with E-state index in [1.165, 1.54) is 12.0 Å². The van der Waals surface area contributed by atoms with Gasteiger partial charge in [0.25, 0.3) is 11.8 Å². The molecule has 2 atom stereocenters. The Hall–Kier alpha value is -3.28. The van der Waals surface area contributed by atoms with Crippen LogP contribution in [0, 0.1) is 25.7 Å². The lowest BCUT2D eigenvalue weighted by molar-refractivity contribution is -0.120. The fraction of sp³-hybridized carbons (Fsp3) is 0.407. The smallest absolute Gasteiger partial charge is 0.282 e. The topological polar surface area (TPSA) is 59.1 Å². The third-order valence-corrected chi connectivity index (χ3v) is 6.52. The standard InChI is InChI=1S/C27H32N2O4/c1-16-7-9-21(19(4)12-16)24-25(28-14-17(2)11-18(3)15-28)27(31)29(26(24)30)22-10-8-20(32-5)13-23(22)33-6/h7-10,12-13,17-18H,11,14-15H2,1-6H3. The van der Waals surface area contributed by atoms with Crippen molar-refractivity contribution in [1.29, 1.82) is 0 Å². The molecule has 2 heterocycles. The third-order valence-electron chi connectivity index (χ3n) is 6.52. The molecule has 6 heteroatoms. The summed E-state index contributed by atoms with van der Waals surface area (Å²) >= 11 is 0. The molecule has 0 N–H and O–H groups in total. The van der Waals surface area contributed by atoms with Crippen molar-refractivity contribution in [2.75, 3.05) is 32.2 Å². The number of hydrogen-bond acceptors (Lipinski definition) is 5. The van der Waals surface area contributed by atoms with Crippen molar-refractivity contribution in [2.24, 2.45) is 11.8 Å². The number of likely N-dealkylation sites (tertiary alicyclic amines) is 1. The fourth-order valence-electron chi connectivity index (χ4n) is 5.18. The van der Waals surface area contributed by atoms with E-state index < -0.39 is 0 Å². The van der Waals surface area contributed by atoms with Crippen LogP contribution in [-0.4, -0.2) is 44.0 Å². The first-order valence-electron chi connectivity index (χ1n) is 11.4. The van der Waals surface area contributed by atoms with Crippen LogP contribution in [-0.2, 0) is 9.59 Å². The maximum absolute atomic E-state index is 13.9. The van der Waals surface area contributed by atoms with E-state index >= 15 is 0 Å². The number of carbonyl (C=O) groups excluding carboxylic acids is 2. The van der Waals surface area contributed by atoms with Crippen LogP contribution < -0.4 is 14.4 Å². The third kappa shape index (κ3) is 4.10. The monoisotopic (exact) mass is 448 g/mol. The van der Waals surface area contributed by atoms with Crippen LogP contribution in [0.2, 0.25) is 0 Å². The average Bonchev–Trinajstić information content (AvgIpc) is 3.02. The summed E-state index contributed by atoms with van der Waals surface area (Å²) in [7, 11) is 3.09. The number of aryl methyl sites for hydroxylation is 2. The molecule has 0 saturated carbocycles. The molecule has 0 bridgehead atoms. The minimum absolute atomic E-state index is 0.306. The second kappa shape index (κ2) is 8.93. The highest BCUT2D eigenvalue weighted by Crippen LogP contribution is 2.41. The number of hydrogen-bond donors (Lipinski definition) is 0. The molecule has 2 aromatic carbocycles. The number of anilines is 1. The molecule has 0 aliphatic carbocycles. The van der Waals surface area contributed by atoms with E-state index in [-0.39, 0.29) is 11.8 Å². The van der Waals surface area contributed by atoms with Crippen molar-refractivity contribution < 1.29 is 19.1 Å². The van der Waals surface area contributed by atoms with Crippen LogP contribution in [0.4, 0.5) is 5.69 Å². The van der Waals surface area contributed by atoms with E-state index in [2.05, 4.69) is 24.8 Å². The molecular formula is C27H32N2O4. The van der Waals surface area contributed by atoms with Crippen molar-refractivity contribution in [3.8, 4) is 11.5 Å². The Labute approximate surface area is 195 Å². The number of benzene rings is 2. The van der Waals surface area contributed by atoms with E-state index in [4.69, 9.17) is 9.47 Å². The molecule has 0 radical (unpaired) electrons. The Morgan fingerprint density at radius 1 is 0.879 bits per heavy atom. The van der Waals surface area contributed by atoms with Gasteiger partial charge in [0, 0.05) is 19.2 Å². The van der Waals surface area contributed by atoms with Gasteiger partial charge in [0.1, 0.15) is 17.2 Å². The molecular weight excluding hydrogens is 416 g/mol. The van der Waals surface area contributed by atoms with Crippen molar-refractivity contribution in [2.45, 2.75) is 34.1 Å². The Morgan fingerprint density at radius 3 is 2.18 bits per heavy atom. The Morgan fingerprint density at radius 2 is 1.58 bits per heavy atom. The summed E-state index contributed by atoms with van der Waals surface area (Å²) in [6.45, 7) is 9.91. The van der Waals surface area contributed by atoms with Gasteiger partial charge in [-0.15, -0.1) is 0 Å². The number of methoxy groups -OCH3 is 2.